The van der Waals surface area contributed by atoms with E-state index in [9.17, 15) is 10.0 Å². The van der Waals surface area contributed by atoms with Crippen LogP contribution in [-0.4, -0.2) is 72.0 Å². The number of halogens is 1. The van der Waals surface area contributed by atoms with E-state index in [4.69, 9.17) is 26.8 Å². The third kappa shape index (κ3) is 10.3. The number of piperidine rings is 1. The zero-order valence-corrected chi connectivity index (χ0v) is 27.8. The van der Waals surface area contributed by atoms with Crippen LogP contribution in [0.15, 0.2) is 29.2 Å². The minimum absolute atomic E-state index is 0.0432. The Bertz CT molecular complexity index is 894. The van der Waals surface area contributed by atoms with Crippen LogP contribution in [0.1, 0.15) is 111 Å². The van der Waals surface area contributed by atoms with Gasteiger partial charge in [-0.2, -0.15) is 4.91 Å². The van der Waals surface area contributed by atoms with Crippen molar-refractivity contribution in [1.82, 2.24) is 4.90 Å². The van der Waals surface area contributed by atoms with Gasteiger partial charge in [-0.3, -0.25) is 0 Å². The second-order valence-corrected chi connectivity index (χ2v) is 15.2. The molecule has 1 aliphatic carbocycles. The van der Waals surface area contributed by atoms with Crippen molar-refractivity contribution in [3.63, 3.8) is 0 Å². The van der Waals surface area contributed by atoms with Crippen molar-refractivity contribution < 1.29 is 14.6 Å². The summed E-state index contributed by atoms with van der Waals surface area (Å²) >= 11 is 6.35. The third-order valence-corrected chi connectivity index (χ3v) is 10.6. The molecule has 0 radical (unpaired) electrons. The molecule has 2 heterocycles. The Labute approximate surface area is 261 Å². The summed E-state index contributed by atoms with van der Waals surface area (Å²) in [5.74, 6) is 1.94. The molecule has 0 bridgehead atoms. The van der Waals surface area contributed by atoms with Crippen LogP contribution in [0.5, 0.6) is 0 Å². The van der Waals surface area contributed by atoms with Crippen LogP contribution in [0.4, 0.5) is 0 Å². The summed E-state index contributed by atoms with van der Waals surface area (Å²) in [6.45, 7) is 17.0. The molecule has 0 aromatic rings. The van der Waals surface area contributed by atoms with Crippen LogP contribution in [0.2, 0.25) is 0 Å². The van der Waals surface area contributed by atoms with E-state index < -0.39 is 11.2 Å². The average molecular weight is 610 g/mol. The highest BCUT2D eigenvalue weighted by atomic mass is 35.5. The zero-order chi connectivity index (χ0) is 30.8. The minimum Gasteiger partial charge on any atom is -0.499 e. The van der Waals surface area contributed by atoms with Crippen LogP contribution < -0.4 is 5.73 Å². The van der Waals surface area contributed by atoms with E-state index in [2.05, 4.69) is 36.6 Å². The van der Waals surface area contributed by atoms with E-state index in [0.29, 0.717) is 25.0 Å². The molecule has 42 heavy (non-hydrogen) atoms. The van der Waals surface area contributed by atoms with Gasteiger partial charge in [0.2, 0.25) is 0 Å². The van der Waals surface area contributed by atoms with Crippen LogP contribution in [0.25, 0.3) is 0 Å². The van der Waals surface area contributed by atoms with Gasteiger partial charge in [0.25, 0.3) is 0 Å². The maximum absolute atomic E-state index is 11.9. The van der Waals surface area contributed by atoms with E-state index in [1.54, 1.807) is 0 Å². The molecule has 0 aromatic heterocycles. The molecule has 8 heteroatoms. The molecule has 5 atom stereocenters. The van der Waals surface area contributed by atoms with Crippen LogP contribution >= 0.6 is 11.6 Å². The van der Waals surface area contributed by atoms with Crippen molar-refractivity contribution in [3.8, 4) is 0 Å². The summed E-state index contributed by atoms with van der Waals surface area (Å²) in [6, 6.07) is 0. The fourth-order valence-corrected chi connectivity index (χ4v) is 7.83. The minimum atomic E-state index is -0.741. The summed E-state index contributed by atoms with van der Waals surface area (Å²) in [4.78, 5) is 13.6. The molecule has 2 fully saturated rings. The lowest BCUT2D eigenvalue weighted by atomic mass is 9.64. The number of ether oxygens (including phenoxy) is 2. The first-order valence-electron chi connectivity index (χ1n) is 16.6. The van der Waals surface area contributed by atoms with Gasteiger partial charge in [-0.1, -0.05) is 31.7 Å². The lowest BCUT2D eigenvalue weighted by Crippen LogP contribution is -2.58. The lowest BCUT2D eigenvalue weighted by molar-refractivity contribution is -0.0944. The van der Waals surface area contributed by atoms with E-state index in [1.807, 2.05) is 13.8 Å². The van der Waals surface area contributed by atoms with E-state index in [-0.39, 0.29) is 23.4 Å². The third-order valence-electron chi connectivity index (χ3n) is 10.2. The fraction of sp³-hybridized carbons (Fsp3) is 0.882. The van der Waals surface area contributed by atoms with Crippen molar-refractivity contribution in [2.75, 3.05) is 39.3 Å². The molecule has 4 unspecified atom stereocenters. The number of allylic oxidation sites excluding steroid dienone is 2. The smallest absolute Gasteiger partial charge is 0.110 e. The Balaban J connectivity index is 1.64. The van der Waals surface area contributed by atoms with E-state index >= 15 is 0 Å². The molecule has 0 aromatic carbocycles. The van der Waals surface area contributed by atoms with Crippen molar-refractivity contribution in [3.05, 3.63) is 28.9 Å². The van der Waals surface area contributed by atoms with Crippen molar-refractivity contribution in [2.45, 2.75) is 134 Å². The number of alkyl halides is 1. The second-order valence-electron chi connectivity index (χ2n) is 14.5. The van der Waals surface area contributed by atoms with E-state index in [0.717, 1.165) is 109 Å². The molecule has 242 valence electrons. The number of nitrogens with two attached hydrogens (primary N) is 1. The number of rotatable bonds is 12. The van der Waals surface area contributed by atoms with Gasteiger partial charge in [0.05, 0.1) is 29.7 Å². The molecule has 0 spiro atoms. The van der Waals surface area contributed by atoms with Gasteiger partial charge in [-0.05, 0) is 121 Å². The highest BCUT2D eigenvalue weighted by molar-refractivity contribution is 6.20. The predicted octanol–water partition coefficient (Wildman–Crippen LogP) is 7.34. The van der Waals surface area contributed by atoms with Gasteiger partial charge >= 0.3 is 0 Å². The Morgan fingerprint density at radius 1 is 1.17 bits per heavy atom. The Kier molecular flexibility index (Phi) is 13.8. The summed E-state index contributed by atoms with van der Waals surface area (Å²) < 4.78 is 12.5. The quantitative estimate of drug-likeness (QED) is 0.136. The number of likely N-dealkylation sites (tertiary alicyclic amines) is 1. The van der Waals surface area contributed by atoms with Gasteiger partial charge in [-0.15, -0.1) is 11.6 Å². The van der Waals surface area contributed by atoms with Crippen LogP contribution in [-0.2, 0) is 9.47 Å². The number of aliphatic hydroxyl groups is 1. The Hall–Kier alpha value is -0.990. The Morgan fingerprint density at radius 3 is 2.57 bits per heavy atom. The lowest BCUT2D eigenvalue weighted by Gasteiger charge is -2.52. The number of nitrogens with zero attached hydrogens (tertiary/aromatic N) is 2. The number of nitroso groups, excluding NO2 is 1. The SMILES string of the molecule is C=C1CCC(OC(C)(C)CN=O)CCC(CCCN2CCC(O)(C3=CCC(Cl)CC3)C(C)(C)C2)[C@H](CCCN)CCO1. The first kappa shape index (κ1) is 35.5. The monoisotopic (exact) mass is 609 g/mol. The maximum atomic E-state index is 11.9. The topological polar surface area (TPSA) is 97.4 Å². The first-order valence-corrected chi connectivity index (χ1v) is 17.1. The van der Waals surface area contributed by atoms with Crippen molar-refractivity contribution >= 4 is 11.6 Å². The molecular formula is C34H60ClN3O4. The summed E-state index contributed by atoms with van der Waals surface area (Å²) in [5, 5.41) is 15.2. The Morgan fingerprint density at radius 2 is 1.90 bits per heavy atom. The molecule has 3 aliphatic rings. The van der Waals surface area contributed by atoms with Crippen molar-refractivity contribution in [2.24, 2.45) is 28.2 Å². The van der Waals surface area contributed by atoms with Gasteiger partial charge in [0.1, 0.15) is 6.54 Å². The van der Waals surface area contributed by atoms with Crippen LogP contribution in [0, 0.1) is 22.2 Å². The van der Waals surface area contributed by atoms with Gasteiger partial charge in [0.15, 0.2) is 0 Å². The number of hydrogen-bond acceptors (Lipinski definition) is 7. The van der Waals surface area contributed by atoms with Gasteiger partial charge < -0.3 is 25.2 Å². The zero-order valence-electron chi connectivity index (χ0n) is 27.1. The molecule has 7 nitrogen and oxygen atoms in total. The van der Waals surface area contributed by atoms with Gasteiger partial charge in [-0.25, -0.2) is 0 Å². The molecule has 3 N–H and O–H groups in total. The van der Waals surface area contributed by atoms with Crippen molar-refractivity contribution in [1.29, 1.82) is 0 Å². The normalized spacial score (nSPS) is 32.0. The fourth-order valence-electron chi connectivity index (χ4n) is 7.63. The highest BCUT2D eigenvalue weighted by Gasteiger charge is 2.49. The highest BCUT2D eigenvalue weighted by Crippen LogP contribution is 2.46. The summed E-state index contributed by atoms with van der Waals surface area (Å²) in [6.07, 6.45) is 14.9. The number of hydrogen-bond donors (Lipinski definition) is 2. The molecule has 0 amide bonds. The van der Waals surface area contributed by atoms with E-state index in [1.165, 1.54) is 5.57 Å². The molecule has 0 saturated carbocycles. The first-order chi connectivity index (χ1) is 19.9. The second kappa shape index (κ2) is 16.4. The maximum Gasteiger partial charge on any atom is 0.110 e. The molecule has 2 saturated heterocycles. The average Bonchev–Trinajstić information content (AvgIpc) is 2.95. The molecule has 3 rings (SSSR count). The summed E-state index contributed by atoms with van der Waals surface area (Å²) in [5.41, 5.74) is 5.63. The molecule has 2 aliphatic heterocycles. The predicted molar refractivity (Wildman–Crippen MR) is 174 cm³/mol. The van der Waals surface area contributed by atoms with Crippen LogP contribution in [0.3, 0.4) is 0 Å². The molecular weight excluding hydrogens is 550 g/mol. The standard InChI is InChI=1S/C34H60ClN3O4/c1-26-10-16-31(42-33(4,5)24-37-40)17-11-27(28(8-6-20-36)18-23-41-26)9-7-21-38-22-19-34(39,32(2,3)25-38)29-12-14-30(35)15-13-29/h12,27-28,30-31,39H,1,6-11,13-25,36H2,2-5H3/t27?,28-,30?,31?,34?/m1/s1. The summed E-state index contributed by atoms with van der Waals surface area (Å²) in [7, 11) is 0. The van der Waals surface area contributed by atoms with Gasteiger partial charge in [0, 0.05) is 30.3 Å². The largest absolute Gasteiger partial charge is 0.499 e.